The minimum atomic E-state index is -0.885. The molecule has 0 amide bonds. The normalized spacial score (nSPS) is 12.1. The number of esters is 1. The van der Waals surface area contributed by atoms with Crippen molar-refractivity contribution in [2.24, 2.45) is 0 Å². The van der Waals surface area contributed by atoms with Crippen molar-refractivity contribution < 1.29 is 19.4 Å². The van der Waals surface area contributed by atoms with Gasteiger partial charge in [0, 0.05) is 6.42 Å². The maximum Gasteiger partial charge on any atom is 0.307 e. The van der Waals surface area contributed by atoms with Crippen LogP contribution >= 0.6 is 0 Å². The zero-order chi connectivity index (χ0) is 20.9. The number of hydrogen-bond donors (Lipinski definition) is 1. The Morgan fingerprint density at radius 3 is 1.57 bits per heavy atom. The molecular weight excluding hydrogens is 352 g/mol. The van der Waals surface area contributed by atoms with Crippen LogP contribution in [0.2, 0.25) is 0 Å². The van der Waals surface area contributed by atoms with E-state index in [1.807, 2.05) is 0 Å². The average molecular weight is 399 g/mol. The second kappa shape index (κ2) is 20.7. The molecule has 0 aromatic rings. The zero-order valence-corrected chi connectivity index (χ0v) is 18.7. The molecule has 0 aromatic carbocycles. The van der Waals surface area contributed by atoms with Crippen molar-refractivity contribution in [3.63, 3.8) is 0 Å². The molecular formula is C24H46O4. The quantitative estimate of drug-likeness (QED) is 0.161. The number of hydrogen-bond acceptors (Lipinski definition) is 3. The number of carboxylic acids is 1. The number of ether oxygens (including phenoxy) is 1. The Morgan fingerprint density at radius 1 is 0.679 bits per heavy atom. The third kappa shape index (κ3) is 19.7. The number of rotatable bonds is 21. The second-order valence-electron chi connectivity index (χ2n) is 8.20. The maximum absolute atomic E-state index is 12.0. The summed E-state index contributed by atoms with van der Waals surface area (Å²) in [6.45, 7) is 4.44. The number of carbonyl (C=O) groups is 2. The first-order chi connectivity index (χ1) is 13.6. The fourth-order valence-corrected chi connectivity index (χ4v) is 3.55. The molecule has 0 saturated heterocycles. The van der Waals surface area contributed by atoms with Crippen molar-refractivity contribution in [1.82, 2.24) is 0 Å². The Kier molecular flexibility index (Phi) is 19.9. The molecule has 0 aliphatic rings. The van der Waals surface area contributed by atoms with E-state index in [1.165, 1.54) is 77.0 Å². The van der Waals surface area contributed by atoms with Crippen LogP contribution in [0.4, 0.5) is 0 Å². The molecule has 1 unspecified atom stereocenters. The lowest BCUT2D eigenvalue weighted by Gasteiger charge is -2.16. The van der Waals surface area contributed by atoms with Crippen molar-refractivity contribution in [3.8, 4) is 0 Å². The molecule has 0 spiro atoms. The van der Waals surface area contributed by atoms with E-state index in [1.54, 1.807) is 0 Å². The first kappa shape index (κ1) is 26.9. The van der Waals surface area contributed by atoms with Gasteiger partial charge in [0.2, 0.25) is 0 Å². The molecule has 0 rings (SSSR count). The van der Waals surface area contributed by atoms with Crippen LogP contribution in [0.3, 0.4) is 0 Å². The smallest absolute Gasteiger partial charge is 0.307 e. The Bertz CT molecular complexity index is 368. The van der Waals surface area contributed by atoms with Crippen molar-refractivity contribution in [2.75, 3.05) is 0 Å². The molecule has 1 atom stereocenters. The van der Waals surface area contributed by atoms with Gasteiger partial charge in [0.05, 0.1) is 6.42 Å². The summed E-state index contributed by atoms with van der Waals surface area (Å²) < 4.78 is 5.46. The van der Waals surface area contributed by atoms with E-state index in [0.717, 1.165) is 25.7 Å². The molecule has 0 heterocycles. The van der Waals surface area contributed by atoms with Crippen LogP contribution in [0, 0.1) is 0 Å². The highest BCUT2D eigenvalue weighted by Gasteiger charge is 2.17. The Hall–Kier alpha value is -1.06. The van der Waals surface area contributed by atoms with Gasteiger partial charge in [-0.25, -0.2) is 0 Å². The van der Waals surface area contributed by atoms with Gasteiger partial charge in [0.15, 0.2) is 0 Å². The van der Waals surface area contributed by atoms with Crippen LogP contribution in [0.1, 0.15) is 136 Å². The predicted octanol–water partition coefficient (Wildman–Crippen LogP) is 7.43. The summed E-state index contributed by atoms with van der Waals surface area (Å²) >= 11 is 0. The van der Waals surface area contributed by atoms with Gasteiger partial charge in [-0.15, -0.1) is 0 Å². The fourth-order valence-electron chi connectivity index (χ4n) is 3.55. The molecule has 1 N–H and O–H groups in total. The van der Waals surface area contributed by atoms with Gasteiger partial charge < -0.3 is 9.84 Å². The number of carbonyl (C=O) groups excluding carboxylic acids is 1. The van der Waals surface area contributed by atoms with E-state index in [9.17, 15) is 9.59 Å². The van der Waals surface area contributed by atoms with Crippen LogP contribution in [0.15, 0.2) is 0 Å². The van der Waals surface area contributed by atoms with Crippen LogP contribution in [-0.2, 0) is 14.3 Å². The van der Waals surface area contributed by atoms with Crippen molar-refractivity contribution in [3.05, 3.63) is 0 Å². The summed E-state index contributed by atoms with van der Waals surface area (Å²) in [7, 11) is 0. The molecule has 4 nitrogen and oxygen atoms in total. The highest BCUT2D eigenvalue weighted by atomic mass is 16.5. The van der Waals surface area contributed by atoms with Gasteiger partial charge >= 0.3 is 11.9 Å². The molecule has 0 aromatic heterocycles. The summed E-state index contributed by atoms with van der Waals surface area (Å²) in [4.78, 5) is 23.1. The standard InChI is InChI=1S/C24H46O4/c1-3-5-7-9-11-12-14-16-18-20-24(27)28-22(21-23(25)26)19-17-15-13-10-8-6-4-2/h22H,3-21H2,1-2H3,(H,25,26). The largest absolute Gasteiger partial charge is 0.481 e. The van der Waals surface area contributed by atoms with Crippen molar-refractivity contribution >= 4 is 11.9 Å². The predicted molar refractivity (Wildman–Crippen MR) is 117 cm³/mol. The minimum absolute atomic E-state index is 0.0701. The molecule has 166 valence electrons. The first-order valence-corrected chi connectivity index (χ1v) is 12.0. The first-order valence-electron chi connectivity index (χ1n) is 12.0. The SMILES string of the molecule is CCCCCCCCCCCC(=O)OC(CCCCCCCCC)CC(=O)O. The van der Waals surface area contributed by atoms with E-state index < -0.39 is 12.1 Å². The van der Waals surface area contributed by atoms with Crippen LogP contribution in [0.25, 0.3) is 0 Å². The van der Waals surface area contributed by atoms with E-state index >= 15 is 0 Å². The molecule has 0 fully saturated rings. The Morgan fingerprint density at radius 2 is 1.11 bits per heavy atom. The van der Waals surface area contributed by atoms with Gasteiger partial charge in [-0.2, -0.15) is 0 Å². The maximum atomic E-state index is 12.0. The fraction of sp³-hybridized carbons (Fsp3) is 0.917. The zero-order valence-electron chi connectivity index (χ0n) is 18.7. The lowest BCUT2D eigenvalue weighted by molar-refractivity contribution is -0.153. The lowest BCUT2D eigenvalue weighted by Crippen LogP contribution is -2.21. The minimum Gasteiger partial charge on any atom is -0.481 e. The Balaban J connectivity index is 3.77. The molecule has 0 aliphatic heterocycles. The average Bonchev–Trinajstić information content (AvgIpc) is 2.65. The van der Waals surface area contributed by atoms with Gasteiger partial charge in [-0.1, -0.05) is 104 Å². The molecule has 4 heteroatoms. The topological polar surface area (TPSA) is 63.6 Å². The van der Waals surface area contributed by atoms with Crippen LogP contribution in [-0.4, -0.2) is 23.1 Å². The lowest BCUT2D eigenvalue weighted by atomic mass is 10.0. The summed E-state index contributed by atoms with van der Waals surface area (Å²) in [5.41, 5.74) is 0. The highest BCUT2D eigenvalue weighted by molar-refractivity contribution is 5.71. The number of aliphatic carboxylic acids is 1. The third-order valence-electron chi connectivity index (χ3n) is 5.31. The van der Waals surface area contributed by atoms with Crippen molar-refractivity contribution in [1.29, 1.82) is 0 Å². The summed E-state index contributed by atoms with van der Waals surface area (Å²) in [5.74, 6) is -1.11. The van der Waals surface area contributed by atoms with E-state index in [0.29, 0.717) is 12.8 Å². The molecule has 0 bridgehead atoms. The van der Waals surface area contributed by atoms with E-state index in [-0.39, 0.29) is 12.4 Å². The monoisotopic (exact) mass is 398 g/mol. The van der Waals surface area contributed by atoms with Crippen LogP contribution < -0.4 is 0 Å². The summed E-state index contributed by atoms with van der Waals surface area (Å²) in [5, 5.41) is 9.06. The highest BCUT2D eigenvalue weighted by Crippen LogP contribution is 2.15. The summed E-state index contributed by atoms with van der Waals surface area (Å²) in [6, 6.07) is 0. The molecule has 0 saturated carbocycles. The molecule has 0 radical (unpaired) electrons. The van der Waals surface area contributed by atoms with Gasteiger partial charge in [-0.05, 0) is 19.3 Å². The molecule has 0 aliphatic carbocycles. The van der Waals surface area contributed by atoms with Gasteiger partial charge in [0.1, 0.15) is 6.10 Å². The number of unbranched alkanes of at least 4 members (excludes halogenated alkanes) is 14. The second-order valence-corrected chi connectivity index (χ2v) is 8.20. The summed E-state index contributed by atoms with van der Waals surface area (Å²) in [6.07, 6.45) is 19.8. The Labute approximate surface area is 173 Å². The van der Waals surface area contributed by atoms with Crippen LogP contribution in [0.5, 0.6) is 0 Å². The number of carboxylic acid groups (broad SMARTS) is 1. The van der Waals surface area contributed by atoms with Crippen molar-refractivity contribution in [2.45, 2.75) is 142 Å². The van der Waals surface area contributed by atoms with E-state index in [2.05, 4.69) is 13.8 Å². The van der Waals surface area contributed by atoms with E-state index in [4.69, 9.17) is 9.84 Å². The van der Waals surface area contributed by atoms with Gasteiger partial charge in [-0.3, -0.25) is 9.59 Å². The van der Waals surface area contributed by atoms with Gasteiger partial charge in [0.25, 0.3) is 0 Å². The molecule has 28 heavy (non-hydrogen) atoms. The third-order valence-corrected chi connectivity index (χ3v) is 5.31.